The largest absolute Gasteiger partial charge is 0.330 e. The molecule has 0 saturated carbocycles. The van der Waals surface area contributed by atoms with Gasteiger partial charge in [0.1, 0.15) is 17.7 Å². The molecule has 0 unspecified atom stereocenters. The second kappa shape index (κ2) is 7.04. The van der Waals surface area contributed by atoms with Crippen LogP contribution in [0.3, 0.4) is 0 Å². The summed E-state index contributed by atoms with van der Waals surface area (Å²) in [6, 6.07) is 3.18. The zero-order valence-corrected chi connectivity index (χ0v) is 14.8. The number of hydrogen-bond donors (Lipinski definition) is 1. The Kier molecular flexibility index (Phi) is 4.83. The van der Waals surface area contributed by atoms with Crippen LogP contribution >= 0.6 is 0 Å². The topological polar surface area (TPSA) is 80.1 Å². The smallest absolute Gasteiger partial charge is 0.247 e. The lowest BCUT2D eigenvalue weighted by atomic mass is 10.0. The summed E-state index contributed by atoms with van der Waals surface area (Å²) < 4.78 is 1.87. The van der Waals surface area contributed by atoms with Crippen LogP contribution in [0.1, 0.15) is 32.5 Å². The van der Waals surface area contributed by atoms with Gasteiger partial charge in [0.05, 0.1) is 11.9 Å². The first kappa shape index (κ1) is 17.1. The number of amides is 2. The molecule has 3 rings (SSSR count). The molecule has 25 heavy (non-hydrogen) atoms. The molecule has 2 aromatic rings. The van der Waals surface area contributed by atoms with Gasteiger partial charge in [-0.1, -0.05) is 13.8 Å². The van der Waals surface area contributed by atoms with Crippen LogP contribution in [0.4, 0.5) is 5.69 Å². The van der Waals surface area contributed by atoms with Crippen LogP contribution in [0.25, 0.3) is 5.82 Å². The van der Waals surface area contributed by atoms with E-state index in [4.69, 9.17) is 0 Å². The Labute approximate surface area is 147 Å². The molecule has 0 aliphatic carbocycles. The Balaban J connectivity index is 1.73. The summed E-state index contributed by atoms with van der Waals surface area (Å²) in [6.07, 6.45) is 6.51. The van der Waals surface area contributed by atoms with Gasteiger partial charge in [-0.2, -0.15) is 0 Å². The van der Waals surface area contributed by atoms with E-state index in [9.17, 15) is 9.59 Å². The molecular formula is C18H23N5O2. The van der Waals surface area contributed by atoms with Crippen LogP contribution in [0.5, 0.6) is 0 Å². The molecule has 7 nitrogen and oxygen atoms in total. The predicted octanol–water partition coefficient (Wildman–Crippen LogP) is 2.16. The lowest BCUT2D eigenvalue weighted by Crippen LogP contribution is -2.47. The van der Waals surface area contributed by atoms with Crippen molar-refractivity contribution in [1.29, 1.82) is 0 Å². The van der Waals surface area contributed by atoms with Crippen molar-refractivity contribution in [3.63, 3.8) is 0 Å². The number of nitrogens with zero attached hydrogens (tertiary/aromatic N) is 4. The maximum Gasteiger partial charge on any atom is 0.247 e. The molecule has 1 saturated heterocycles. The number of pyridine rings is 1. The molecule has 1 aliphatic rings. The fourth-order valence-corrected chi connectivity index (χ4v) is 3.21. The highest BCUT2D eigenvalue weighted by atomic mass is 16.2. The highest BCUT2D eigenvalue weighted by Crippen LogP contribution is 2.21. The van der Waals surface area contributed by atoms with Gasteiger partial charge in [0.15, 0.2) is 0 Å². The van der Waals surface area contributed by atoms with Crippen molar-refractivity contribution in [1.82, 2.24) is 19.4 Å². The van der Waals surface area contributed by atoms with Gasteiger partial charge in [0.25, 0.3) is 0 Å². The van der Waals surface area contributed by atoms with Gasteiger partial charge >= 0.3 is 0 Å². The van der Waals surface area contributed by atoms with Gasteiger partial charge in [-0.15, -0.1) is 0 Å². The van der Waals surface area contributed by atoms with Gasteiger partial charge in [-0.3, -0.25) is 14.2 Å². The van der Waals surface area contributed by atoms with Gasteiger partial charge in [-0.25, -0.2) is 9.97 Å². The fraction of sp³-hybridized carbons (Fsp3) is 0.444. The molecule has 2 aromatic heterocycles. The second-order valence-corrected chi connectivity index (χ2v) is 6.62. The summed E-state index contributed by atoms with van der Waals surface area (Å²) >= 11 is 0. The zero-order chi connectivity index (χ0) is 18.0. The number of anilines is 1. The van der Waals surface area contributed by atoms with E-state index < -0.39 is 6.04 Å². The van der Waals surface area contributed by atoms with Crippen molar-refractivity contribution in [2.24, 2.45) is 5.92 Å². The van der Waals surface area contributed by atoms with Gasteiger partial charge in [-0.05, 0) is 31.4 Å². The summed E-state index contributed by atoms with van der Waals surface area (Å²) in [7, 11) is 0. The van der Waals surface area contributed by atoms with Crippen LogP contribution in [0.2, 0.25) is 0 Å². The molecule has 1 aliphatic heterocycles. The standard InChI is InChI=1S/C18H23N5O2/c1-12(2)17(23-9-4-5-16(23)24)18(25)21-14-6-7-15(20-11-14)22-10-8-19-13(22)3/h6-8,10-12,17H,4-5,9H2,1-3H3,(H,21,25)/t17-/m0/s1. The fourth-order valence-electron chi connectivity index (χ4n) is 3.21. The molecule has 3 heterocycles. The van der Waals surface area contributed by atoms with Crippen LogP contribution in [0.15, 0.2) is 30.7 Å². The SMILES string of the molecule is Cc1nccn1-c1ccc(NC(=O)[C@H](C(C)C)N2CCCC2=O)cn1. The third-order valence-electron chi connectivity index (χ3n) is 4.43. The Morgan fingerprint density at radius 2 is 2.08 bits per heavy atom. The van der Waals surface area contributed by atoms with Crippen LogP contribution in [0, 0.1) is 12.8 Å². The van der Waals surface area contributed by atoms with Gasteiger partial charge in [0.2, 0.25) is 11.8 Å². The minimum Gasteiger partial charge on any atom is -0.330 e. The van der Waals surface area contributed by atoms with Crippen LogP contribution < -0.4 is 5.32 Å². The number of rotatable bonds is 5. The molecule has 7 heteroatoms. The third kappa shape index (κ3) is 3.55. The molecule has 2 amide bonds. The monoisotopic (exact) mass is 341 g/mol. The van der Waals surface area contributed by atoms with E-state index in [0.717, 1.165) is 18.1 Å². The third-order valence-corrected chi connectivity index (χ3v) is 4.43. The number of nitrogens with one attached hydrogen (secondary N) is 1. The van der Waals surface area contributed by atoms with Crippen LogP contribution in [-0.2, 0) is 9.59 Å². The number of carbonyl (C=O) groups excluding carboxylic acids is 2. The lowest BCUT2D eigenvalue weighted by Gasteiger charge is -2.29. The highest BCUT2D eigenvalue weighted by Gasteiger charge is 2.34. The molecule has 132 valence electrons. The van der Waals surface area contributed by atoms with Gasteiger partial charge < -0.3 is 10.2 Å². The maximum absolute atomic E-state index is 12.7. The van der Waals surface area contributed by atoms with Crippen molar-refractivity contribution in [2.75, 3.05) is 11.9 Å². The maximum atomic E-state index is 12.7. The van der Waals surface area contributed by atoms with E-state index in [1.165, 1.54) is 0 Å². The zero-order valence-electron chi connectivity index (χ0n) is 14.8. The summed E-state index contributed by atoms with van der Waals surface area (Å²) in [5.41, 5.74) is 0.615. The van der Waals surface area contributed by atoms with E-state index in [2.05, 4.69) is 15.3 Å². The van der Waals surface area contributed by atoms with E-state index in [0.29, 0.717) is 18.7 Å². The van der Waals surface area contributed by atoms with Gasteiger partial charge in [0, 0.05) is 25.4 Å². The number of aryl methyl sites for hydroxylation is 1. The number of imidazole rings is 1. The number of hydrogen-bond acceptors (Lipinski definition) is 4. The summed E-state index contributed by atoms with van der Waals surface area (Å²) in [4.78, 5) is 35.0. The molecule has 0 bridgehead atoms. The minimum atomic E-state index is -0.453. The first-order valence-electron chi connectivity index (χ1n) is 8.54. The van der Waals surface area contributed by atoms with Crippen LogP contribution in [-0.4, -0.2) is 43.8 Å². The Morgan fingerprint density at radius 1 is 1.28 bits per heavy atom. The molecular weight excluding hydrogens is 318 g/mol. The summed E-state index contributed by atoms with van der Waals surface area (Å²) in [5.74, 6) is 1.51. The first-order chi connectivity index (χ1) is 12.0. The van der Waals surface area contributed by atoms with E-state index in [1.54, 1.807) is 17.3 Å². The van der Waals surface area contributed by atoms with E-state index in [-0.39, 0.29) is 17.7 Å². The molecule has 0 spiro atoms. The minimum absolute atomic E-state index is 0.0443. The van der Waals surface area contributed by atoms with Crippen molar-refractivity contribution in [3.05, 3.63) is 36.5 Å². The summed E-state index contributed by atoms with van der Waals surface area (Å²) in [5, 5.41) is 2.89. The molecule has 0 radical (unpaired) electrons. The highest BCUT2D eigenvalue weighted by molar-refractivity contribution is 5.97. The van der Waals surface area contributed by atoms with Crippen molar-refractivity contribution in [2.45, 2.75) is 39.7 Å². The van der Waals surface area contributed by atoms with E-state index in [1.807, 2.05) is 43.7 Å². The Morgan fingerprint density at radius 3 is 2.60 bits per heavy atom. The normalized spacial score (nSPS) is 15.7. The molecule has 1 atom stereocenters. The molecule has 0 aromatic carbocycles. The van der Waals surface area contributed by atoms with E-state index >= 15 is 0 Å². The second-order valence-electron chi connectivity index (χ2n) is 6.62. The average Bonchev–Trinajstić information content (AvgIpc) is 3.17. The van der Waals surface area contributed by atoms with Crippen molar-refractivity contribution < 1.29 is 9.59 Å². The van der Waals surface area contributed by atoms with Crippen molar-refractivity contribution >= 4 is 17.5 Å². The molecule has 1 N–H and O–H groups in total. The quantitative estimate of drug-likeness (QED) is 0.904. The lowest BCUT2D eigenvalue weighted by molar-refractivity contribution is -0.136. The van der Waals surface area contributed by atoms with Crippen molar-refractivity contribution in [3.8, 4) is 5.82 Å². The number of aromatic nitrogens is 3. The molecule has 1 fully saturated rings. The predicted molar refractivity (Wildman–Crippen MR) is 94.3 cm³/mol. The number of carbonyl (C=O) groups is 2. The first-order valence-corrected chi connectivity index (χ1v) is 8.54. The number of likely N-dealkylation sites (tertiary alicyclic amines) is 1. The Hall–Kier alpha value is -2.70. The summed E-state index contributed by atoms with van der Waals surface area (Å²) in [6.45, 7) is 6.46. The average molecular weight is 341 g/mol. The Bertz CT molecular complexity index is 766.